The van der Waals surface area contributed by atoms with Gasteiger partial charge in [-0.1, -0.05) is 223 Å². The lowest BCUT2D eigenvalue weighted by Gasteiger charge is -2.18. The van der Waals surface area contributed by atoms with Gasteiger partial charge in [0.1, 0.15) is 13.2 Å². The molecule has 1 atom stereocenters. The van der Waals surface area contributed by atoms with Crippen LogP contribution in [-0.4, -0.2) is 37.2 Å². The Bertz CT molecular complexity index is 1130. The molecule has 0 heterocycles. The molecule has 0 saturated heterocycles. The number of esters is 3. The Labute approximate surface area is 383 Å². The van der Waals surface area contributed by atoms with Crippen molar-refractivity contribution in [2.24, 2.45) is 0 Å². The lowest BCUT2D eigenvalue weighted by molar-refractivity contribution is -0.167. The van der Waals surface area contributed by atoms with Crippen molar-refractivity contribution in [2.45, 2.75) is 264 Å². The molecule has 6 heteroatoms. The first kappa shape index (κ1) is 59.1. The molecule has 1 unspecified atom stereocenters. The second-order valence-corrected chi connectivity index (χ2v) is 17.4. The number of carbonyl (C=O) groups is 3. The zero-order valence-electron chi connectivity index (χ0n) is 40.9. The molecule has 0 N–H and O–H groups in total. The van der Waals surface area contributed by atoms with Gasteiger partial charge in [0.05, 0.1) is 0 Å². The molecule has 0 amide bonds. The van der Waals surface area contributed by atoms with Gasteiger partial charge in [0, 0.05) is 19.3 Å². The second-order valence-electron chi connectivity index (χ2n) is 17.4. The van der Waals surface area contributed by atoms with E-state index in [2.05, 4.69) is 81.5 Å². The zero-order chi connectivity index (χ0) is 45.1. The molecule has 0 aliphatic rings. The molecular formula is C56H98O6. The van der Waals surface area contributed by atoms with E-state index in [0.29, 0.717) is 19.3 Å². The predicted molar refractivity (Wildman–Crippen MR) is 265 cm³/mol. The highest BCUT2D eigenvalue weighted by molar-refractivity contribution is 5.71. The fraction of sp³-hybridized carbons (Fsp3) is 0.768. The smallest absolute Gasteiger partial charge is 0.306 e. The fourth-order valence-electron chi connectivity index (χ4n) is 7.32. The number of hydrogen-bond acceptors (Lipinski definition) is 6. The molecule has 0 spiro atoms. The third kappa shape index (κ3) is 48.1. The first-order valence-electron chi connectivity index (χ1n) is 26.3. The van der Waals surface area contributed by atoms with Gasteiger partial charge in [-0.05, 0) is 77.0 Å². The van der Waals surface area contributed by atoms with Crippen LogP contribution < -0.4 is 0 Å². The van der Waals surface area contributed by atoms with Crippen molar-refractivity contribution in [3.05, 3.63) is 60.8 Å². The quantitative estimate of drug-likeness (QED) is 0.0262. The van der Waals surface area contributed by atoms with Crippen LogP contribution in [0.3, 0.4) is 0 Å². The summed E-state index contributed by atoms with van der Waals surface area (Å²) in [5.41, 5.74) is 0. The van der Waals surface area contributed by atoms with Crippen molar-refractivity contribution < 1.29 is 28.6 Å². The fourth-order valence-corrected chi connectivity index (χ4v) is 7.32. The van der Waals surface area contributed by atoms with E-state index in [1.165, 1.54) is 116 Å². The summed E-state index contributed by atoms with van der Waals surface area (Å²) < 4.78 is 16.8. The monoisotopic (exact) mass is 867 g/mol. The highest BCUT2D eigenvalue weighted by Gasteiger charge is 2.19. The van der Waals surface area contributed by atoms with Crippen LogP contribution in [0.5, 0.6) is 0 Å². The van der Waals surface area contributed by atoms with E-state index >= 15 is 0 Å². The van der Waals surface area contributed by atoms with Gasteiger partial charge in [-0.3, -0.25) is 14.4 Å². The largest absolute Gasteiger partial charge is 0.462 e. The van der Waals surface area contributed by atoms with Crippen LogP contribution in [0.1, 0.15) is 258 Å². The van der Waals surface area contributed by atoms with E-state index < -0.39 is 6.10 Å². The third-order valence-corrected chi connectivity index (χ3v) is 11.2. The highest BCUT2D eigenvalue weighted by Crippen LogP contribution is 2.15. The van der Waals surface area contributed by atoms with Crippen molar-refractivity contribution in [3.8, 4) is 0 Å². The predicted octanol–water partition coefficient (Wildman–Crippen LogP) is 17.3. The van der Waals surface area contributed by atoms with Gasteiger partial charge < -0.3 is 14.2 Å². The molecule has 0 aromatic rings. The van der Waals surface area contributed by atoms with Crippen molar-refractivity contribution in [1.82, 2.24) is 0 Å². The summed E-state index contributed by atoms with van der Waals surface area (Å²) in [6, 6.07) is 0. The summed E-state index contributed by atoms with van der Waals surface area (Å²) in [5.74, 6) is -0.891. The number of hydrogen-bond donors (Lipinski definition) is 0. The molecule has 0 saturated carbocycles. The van der Waals surface area contributed by atoms with E-state index in [0.717, 1.165) is 103 Å². The summed E-state index contributed by atoms with van der Waals surface area (Å²) in [4.78, 5) is 37.9. The summed E-state index contributed by atoms with van der Waals surface area (Å²) in [5, 5.41) is 0. The summed E-state index contributed by atoms with van der Waals surface area (Å²) in [6.07, 6.45) is 62.1. The van der Waals surface area contributed by atoms with Crippen molar-refractivity contribution >= 4 is 17.9 Å². The highest BCUT2D eigenvalue weighted by atomic mass is 16.6. The summed E-state index contributed by atoms with van der Waals surface area (Å²) >= 11 is 0. The average Bonchev–Trinajstić information content (AvgIpc) is 3.27. The molecule has 0 aliphatic heterocycles. The van der Waals surface area contributed by atoms with E-state index in [9.17, 15) is 14.4 Å². The van der Waals surface area contributed by atoms with Crippen LogP contribution in [-0.2, 0) is 28.6 Å². The minimum atomic E-state index is -0.777. The van der Waals surface area contributed by atoms with E-state index in [1.807, 2.05) is 0 Å². The Kier molecular flexibility index (Phi) is 48.4. The molecule has 6 nitrogen and oxygen atoms in total. The van der Waals surface area contributed by atoms with Gasteiger partial charge in [-0.25, -0.2) is 0 Å². The normalized spacial score (nSPS) is 12.5. The number of ether oxygens (including phenoxy) is 3. The standard InChI is InChI=1S/C56H98O6/c1-4-7-10-13-16-19-22-24-25-26-27-28-29-30-31-33-34-37-40-43-46-49-55(58)61-52-53(51-60-54(57)48-45-42-39-36-21-18-15-12-9-6-3)62-56(59)50-47-44-41-38-35-32-23-20-17-14-11-8-5-2/h7,10,12,15-16,19,24-25,27-28,53H,4-6,8-9,11,13-14,17-18,20-23,26,29-52H2,1-3H3/b10-7-,15-12-,19-16-,25-24-,28-27-. The maximum Gasteiger partial charge on any atom is 0.306 e. The molecule has 0 radical (unpaired) electrons. The number of carbonyl (C=O) groups excluding carboxylic acids is 3. The maximum absolute atomic E-state index is 12.8. The Hall–Kier alpha value is -2.89. The van der Waals surface area contributed by atoms with Crippen LogP contribution in [0.4, 0.5) is 0 Å². The van der Waals surface area contributed by atoms with E-state index in [1.54, 1.807) is 0 Å². The lowest BCUT2D eigenvalue weighted by atomic mass is 10.0. The number of allylic oxidation sites excluding steroid dienone is 10. The molecule has 0 fully saturated rings. The summed E-state index contributed by atoms with van der Waals surface area (Å²) in [7, 11) is 0. The Balaban J connectivity index is 4.30. The molecule has 0 rings (SSSR count). The molecule has 0 aromatic carbocycles. The van der Waals surface area contributed by atoms with Gasteiger partial charge in [0.2, 0.25) is 0 Å². The molecule has 0 bridgehead atoms. The zero-order valence-corrected chi connectivity index (χ0v) is 40.9. The first-order chi connectivity index (χ1) is 30.5. The van der Waals surface area contributed by atoms with Crippen LogP contribution >= 0.6 is 0 Å². The Morgan fingerprint density at radius 2 is 0.661 bits per heavy atom. The molecule has 62 heavy (non-hydrogen) atoms. The SMILES string of the molecule is CC/C=C\C/C=C\C/C=C\C/C=C\CCCCCCCCCCC(=O)OCC(COC(=O)CCCCCCC/C=C\CCC)OC(=O)CCCCCCCCCCCCCCC. The minimum Gasteiger partial charge on any atom is -0.462 e. The molecule has 0 aromatic heterocycles. The van der Waals surface area contributed by atoms with E-state index in [-0.39, 0.29) is 31.1 Å². The Morgan fingerprint density at radius 1 is 0.339 bits per heavy atom. The van der Waals surface area contributed by atoms with Gasteiger partial charge in [0.25, 0.3) is 0 Å². The van der Waals surface area contributed by atoms with Gasteiger partial charge in [-0.2, -0.15) is 0 Å². The molecule has 358 valence electrons. The second kappa shape index (κ2) is 50.8. The van der Waals surface area contributed by atoms with Crippen LogP contribution in [0.15, 0.2) is 60.8 Å². The Morgan fingerprint density at radius 3 is 1.06 bits per heavy atom. The average molecular weight is 867 g/mol. The maximum atomic E-state index is 12.8. The molecule has 0 aliphatic carbocycles. The number of unbranched alkanes of at least 4 members (excludes halogenated alkanes) is 26. The first-order valence-corrected chi connectivity index (χ1v) is 26.3. The van der Waals surface area contributed by atoms with Crippen molar-refractivity contribution in [2.75, 3.05) is 13.2 Å². The molecular weight excluding hydrogens is 769 g/mol. The third-order valence-electron chi connectivity index (χ3n) is 11.2. The summed E-state index contributed by atoms with van der Waals surface area (Å²) in [6.45, 7) is 6.46. The lowest BCUT2D eigenvalue weighted by Crippen LogP contribution is -2.30. The van der Waals surface area contributed by atoms with Crippen molar-refractivity contribution in [1.29, 1.82) is 0 Å². The van der Waals surface area contributed by atoms with E-state index in [4.69, 9.17) is 14.2 Å². The van der Waals surface area contributed by atoms with Gasteiger partial charge in [-0.15, -0.1) is 0 Å². The van der Waals surface area contributed by atoms with Crippen LogP contribution in [0.2, 0.25) is 0 Å². The van der Waals surface area contributed by atoms with Gasteiger partial charge >= 0.3 is 17.9 Å². The van der Waals surface area contributed by atoms with Crippen LogP contribution in [0.25, 0.3) is 0 Å². The number of rotatable bonds is 47. The van der Waals surface area contributed by atoms with Crippen LogP contribution in [0, 0.1) is 0 Å². The van der Waals surface area contributed by atoms with Gasteiger partial charge in [0.15, 0.2) is 6.10 Å². The topological polar surface area (TPSA) is 78.9 Å². The van der Waals surface area contributed by atoms with Crippen molar-refractivity contribution in [3.63, 3.8) is 0 Å². The minimum absolute atomic E-state index is 0.0793.